The van der Waals surface area contributed by atoms with Crippen LogP contribution >= 0.6 is 0 Å². The number of carboxylic acids is 1. The summed E-state index contributed by atoms with van der Waals surface area (Å²) in [5, 5.41) is 9.09. The van der Waals surface area contributed by atoms with Gasteiger partial charge in [-0.15, -0.1) is 0 Å². The van der Waals surface area contributed by atoms with Crippen molar-refractivity contribution in [2.45, 2.75) is 19.3 Å². The number of imide groups is 1. The summed E-state index contributed by atoms with van der Waals surface area (Å²) in [7, 11) is 0. The highest BCUT2D eigenvalue weighted by molar-refractivity contribution is 6.24. The van der Waals surface area contributed by atoms with E-state index in [0.29, 0.717) is 12.8 Å². The van der Waals surface area contributed by atoms with Crippen molar-refractivity contribution >= 4 is 23.5 Å². The van der Waals surface area contributed by atoms with Crippen molar-refractivity contribution in [3.63, 3.8) is 0 Å². The van der Waals surface area contributed by atoms with Gasteiger partial charge in [0.15, 0.2) is 0 Å². The predicted molar refractivity (Wildman–Crippen MR) is 66.7 cm³/mol. The Balaban J connectivity index is 2.11. The summed E-state index contributed by atoms with van der Waals surface area (Å²) in [6, 6.07) is 3.59. The fourth-order valence-electron chi connectivity index (χ4n) is 3.14. The van der Waals surface area contributed by atoms with E-state index < -0.39 is 29.2 Å². The normalized spacial score (nSPS) is 25.1. The molecule has 0 radical (unpaired) electrons. The van der Waals surface area contributed by atoms with Crippen molar-refractivity contribution in [3.8, 4) is 0 Å². The van der Waals surface area contributed by atoms with E-state index in [1.165, 1.54) is 12.1 Å². The number of fused-ring (bicyclic) bond motifs is 1. The van der Waals surface area contributed by atoms with Crippen LogP contribution in [-0.4, -0.2) is 22.9 Å². The molecule has 3 rings (SSSR count). The van der Waals surface area contributed by atoms with Crippen molar-refractivity contribution in [2.75, 3.05) is 4.90 Å². The molecule has 1 heterocycles. The Hall–Kier alpha value is -2.24. The molecular weight excluding hydrogens is 265 g/mol. The summed E-state index contributed by atoms with van der Waals surface area (Å²) in [5.74, 6) is -4.03. The van der Waals surface area contributed by atoms with Crippen LogP contribution in [0, 0.1) is 17.7 Å². The lowest BCUT2D eigenvalue weighted by atomic mass is 10.00. The van der Waals surface area contributed by atoms with Crippen LogP contribution in [0.2, 0.25) is 0 Å². The molecule has 1 saturated carbocycles. The maximum Gasteiger partial charge on any atom is 0.340 e. The summed E-state index contributed by atoms with van der Waals surface area (Å²) < 4.78 is 13.7. The second-order valence-corrected chi connectivity index (χ2v) is 5.09. The van der Waals surface area contributed by atoms with E-state index in [0.717, 1.165) is 17.4 Å². The lowest BCUT2D eigenvalue weighted by Crippen LogP contribution is -2.33. The molecular formula is C14H12FNO4. The Labute approximate surface area is 114 Å². The number of halogens is 1. The number of carbonyl (C=O) groups is 3. The quantitative estimate of drug-likeness (QED) is 0.837. The summed E-state index contributed by atoms with van der Waals surface area (Å²) in [5.41, 5.74) is -0.795. The Kier molecular flexibility index (Phi) is 2.81. The minimum atomic E-state index is -1.49. The van der Waals surface area contributed by atoms with Crippen LogP contribution in [0.4, 0.5) is 10.1 Å². The number of hydrogen-bond donors (Lipinski definition) is 1. The van der Waals surface area contributed by atoms with Gasteiger partial charge in [-0.25, -0.2) is 14.1 Å². The molecule has 2 atom stereocenters. The molecule has 1 aliphatic heterocycles. The summed E-state index contributed by atoms with van der Waals surface area (Å²) in [4.78, 5) is 36.6. The Morgan fingerprint density at radius 2 is 1.80 bits per heavy atom. The molecule has 1 aromatic carbocycles. The molecule has 1 saturated heterocycles. The van der Waals surface area contributed by atoms with E-state index in [4.69, 9.17) is 5.11 Å². The van der Waals surface area contributed by atoms with E-state index in [2.05, 4.69) is 0 Å². The highest BCUT2D eigenvalue weighted by atomic mass is 19.1. The van der Waals surface area contributed by atoms with Crippen molar-refractivity contribution in [1.82, 2.24) is 0 Å². The molecule has 0 aromatic heterocycles. The van der Waals surface area contributed by atoms with Crippen LogP contribution in [0.5, 0.6) is 0 Å². The van der Waals surface area contributed by atoms with Gasteiger partial charge in [-0.2, -0.15) is 0 Å². The standard InChI is InChI=1S/C14H12FNO4/c15-9-5-2-6-10(11(9)14(19)20)16-12(17)7-3-1-4-8(7)13(16)18/h2,5-8H,1,3-4H2,(H,19,20). The molecule has 1 aliphatic carbocycles. The summed E-state index contributed by atoms with van der Waals surface area (Å²) >= 11 is 0. The first-order valence-electron chi connectivity index (χ1n) is 6.42. The van der Waals surface area contributed by atoms with Crippen LogP contribution in [0.25, 0.3) is 0 Å². The van der Waals surface area contributed by atoms with E-state index in [1.54, 1.807) is 0 Å². The Morgan fingerprint density at radius 1 is 1.20 bits per heavy atom. The number of hydrogen-bond acceptors (Lipinski definition) is 3. The zero-order valence-corrected chi connectivity index (χ0v) is 10.5. The van der Waals surface area contributed by atoms with Crippen molar-refractivity contribution in [3.05, 3.63) is 29.6 Å². The number of amides is 2. The zero-order valence-electron chi connectivity index (χ0n) is 10.5. The maximum absolute atomic E-state index is 13.7. The fourth-order valence-corrected chi connectivity index (χ4v) is 3.14. The van der Waals surface area contributed by atoms with Crippen LogP contribution in [0.3, 0.4) is 0 Å². The first-order valence-corrected chi connectivity index (χ1v) is 6.42. The van der Waals surface area contributed by atoms with E-state index in [9.17, 15) is 18.8 Å². The molecule has 5 nitrogen and oxygen atoms in total. The molecule has 2 unspecified atom stereocenters. The minimum Gasteiger partial charge on any atom is -0.478 e. The second kappa shape index (κ2) is 4.40. The SMILES string of the molecule is O=C(O)c1c(F)cccc1N1C(=O)C2CCCC2C1=O. The zero-order chi connectivity index (χ0) is 14.4. The van der Waals surface area contributed by atoms with Crippen molar-refractivity contribution in [1.29, 1.82) is 0 Å². The molecule has 1 aromatic rings. The fraction of sp³-hybridized carbons (Fsp3) is 0.357. The number of carboxylic acid groups (broad SMARTS) is 1. The van der Waals surface area contributed by atoms with Gasteiger partial charge in [-0.05, 0) is 25.0 Å². The molecule has 1 N–H and O–H groups in total. The number of carbonyl (C=O) groups excluding carboxylic acids is 2. The molecule has 6 heteroatoms. The molecule has 0 spiro atoms. The number of rotatable bonds is 2. The smallest absolute Gasteiger partial charge is 0.340 e. The van der Waals surface area contributed by atoms with Gasteiger partial charge in [-0.3, -0.25) is 9.59 Å². The van der Waals surface area contributed by atoms with Gasteiger partial charge < -0.3 is 5.11 Å². The minimum absolute atomic E-state index is 0.165. The average molecular weight is 277 g/mol. The molecule has 2 fully saturated rings. The van der Waals surface area contributed by atoms with Gasteiger partial charge in [0.05, 0.1) is 17.5 Å². The van der Waals surface area contributed by atoms with Crippen LogP contribution in [-0.2, 0) is 9.59 Å². The lowest BCUT2D eigenvalue weighted by Gasteiger charge is -2.18. The molecule has 104 valence electrons. The van der Waals surface area contributed by atoms with Gasteiger partial charge in [0.1, 0.15) is 11.4 Å². The lowest BCUT2D eigenvalue weighted by molar-refractivity contribution is -0.122. The van der Waals surface area contributed by atoms with E-state index in [-0.39, 0.29) is 17.5 Å². The maximum atomic E-state index is 13.7. The largest absolute Gasteiger partial charge is 0.478 e. The van der Waals surface area contributed by atoms with Gasteiger partial charge in [0.25, 0.3) is 0 Å². The van der Waals surface area contributed by atoms with E-state index >= 15 is 0 Å². The topological polar surface area (TPSA) is 74.7 Å². The van der Waals surface area contributed by atoms with Crippen LogP contribution in [0.15, 0.2) is 18.2 Å². The molecule has 20 heavy (non-hydrogen) atoms. The number of nitrogens with zero attached hydrogens (tertiary/aromatic N) is 1. The van der Waals surface area contributed by atoms with Gasteiger partial charge in [0.2, 0.25) is 11.8 Å². The number of anilines is 1. The highest BCUT2D eigenvalue weighted by Crippen LogP contribution is 2.42. The third kappa shape index (κ3) is 1.64. The second-order valence-electron chi connectivity index (χ2n) is 5.09. The van der Waals surface area contributed by atoms with Gasteiger partial charge in [0, 0.05) is 0 Å². The Bertz CT molecular complexity index is 606. The van der Waals surface area contributed by atoms with Crippen molar-refractivity contribution < 1.29 is 23.9 Å². The molecule has 2 aliphatic rings. The third-order valence-electron chi connectivity index (χ3n) is 4.04. The monoisotopic (exact) mass is 277 g/mol. The van der Waals surface area contributed by atoms with E-state index in [1.807, 2.05) is 0 Å². The number of benzene rings is 1. The number of aromatic carboxylic acids is 1. The van der Waals surface area contributed by atoms with Crippen LogP contribution in [0.1, 0.15) is 29.6 Å². The van der Waals surface area contributed by atoms with Crippen molar-refractivity contribution in [2.24, 2.45) is 11.8 Å². The predicted octanol–water partition coefficient (Wildman–Crippen LogP) is 1.81. The average Bonchev–Trinajstić information content (AvgIpc) is 2.94. The Morgan fingerprint density at radius 3 is 2.35 bits per heavy atom. The highest BCUT2D eigenvalue weighted by Gasteiger charge is 2.51. The van der Waals surface area contributed by atoms with Crippen LogP contribution < -0.4 is 4.90 Å². The van der Waals surface area contributed by atoms with Gasteiger partial charge in [-0.1, -0.05) is 12.5 Å². The molecule has 0 bridgehead atoms. The van der Waals surface area contributed by atoms with Gasteiger partial charge >= 0.3 is 5.97 Å². The molecule has 2 amide bonds. The first kappa shape index (κ1) is 12.8. The summed E-state index contributed by atoms with van der Waals surface area (Å²) in [6.07, 6.45) is 2.07. The summed E-state index contributed by atoms with van der Waals surface area (Å²) in [6.45, 7) is 0. The third-order valence-corrected chi connectivity index (χ3v) is 4.04. The first-order chi connectivity index (χ1) is 9.52.